The molecule has 1 heterocycles. The number of rotatable bonds is 13. The molecule has 3 atom stereocenters. The Hall–Kier alpha value is -4.03. The smallest absolute Gasteiger partial charge is 0.328 e. The van der Waals surface area contributed by atoms with Crippen molar-refractivity contribution in [2.24, 2.45) is 5.92 Å². The molecule has 0 spiro atoms. The molecule has 6 nitrogen and oxygen atoms in total. The summed E-state index contributed by atoms with van der Waals surface area (Å²) in [5, 5.41) is 5.90. The fraction of sp³-hybridized carbons (Fsp3) is 0.222. The maximum Gasteiger partial charge on any atom is 0.328 e. The van der Waals surface area contributed by atoms with E-state index in [1.165, 1.54) is 7.11 Å². The number of fused-ring (bicyclic) bond motifs is 1. The summed E-state index contributed by atoms with van der Waals surface area (Å²) in [6.45, 7) is 0. The van der Waals surface area contributed by atoms with E-state index in [2.05, 4.69) is 5.32 Å². The van der Waals surface area contributed by atoms with Crippen molar-refractivity contribution in [3.05, 3.63) is 131 Å². The van der Waals surface area contributed by atoms with E-state index in [0.717, 1.165) is 37.9 Å². The van der Waals surface area contributed by atoms with Gasteiger partial charge < -0.3 is 14.9 Å². The van der Waals surface area contributed by atoms with Crippen LogP contribution in [0.3, 0.4) is 0 Å². The topological polar surface area (TPSA) is 92.7 Å². The van der Waals surface area contributed by atoms with Crippen LogP contribution in [-0.4, -0.2) is 42.2 Å². The molecule has 0 radical (unpaired) electrons. The van der Waals surface area contributed by atoms with E-state index in [1.807, 2.05) is 115 Å². The molecule has 4 aromatic carbocycles. The Labute approximate surface area is 262 Å². The van der Waals surface area contributed by atoms with Crippen LogP contribution in [0.4, 0.5) is 0 Å². The lowest BCUT2D eigenvalue weighted by molar-refractivity contribution is -0.145. The van der Waals surface area contributed by atoms with Gasteiger partial charge in [0.15, 0.2) is 0 Å². The highest BCUT2D eigenvalue weighted by Gasteiger charge is 2.32. The lowest BCUT2D eigenvalue weighted by Crippen LogP contribution is -2.46. The van der Waals surface area contributed by atoms with Crippen molar-refractivity contribution in [2.75, 3.05) is 19.4 Å². The Morgan fingerprint density at radius 1 is 0.818 bits per heavy atom. The average molecular weight is 626 g/mol. The van der Waals surface area contributed by atoms with Crippen molar-refractivity contribution in [3.63, 3.8) is 0 Å². The number of methoxy groups -OCH3 is 1. The summed E-state index contributed by atoms with van der Waals surface area (Å²) < 4.78 is 19.6. The highest BCUT2D eigenvalue weighted by atomic mass is 32.1. The van der Waals surface area contributed by atoms with Gasteiger partial charge in [-0.3, -0.25) is 9.36 Å². The predicted octanol–water partition coefficient (Wildman–Crippen LogP) is 7.14. The Balaban J connectivity index is 1.36. The number of carbonyl (C=O) groups is 2. The zero-order valence-electron chi connectivity index (χ0n) is 24.6. The number of amides is 1. The Bertz CT molecular complexity index is 1740. The zero-order valence-corrected chi connectivity index (χ0v) is 26.3. The summed E-state index contributed by atoms with van der Waals surface area (Å²) in [6, 6.07) is 34.4. The van der Waals surface area contributed by atoms with Gasteiger partial charge in [0.25, 0.3) is 0 Å². The fourth-order valence-corrected chi connectivity index (χ4v) is 8.16. The minimum atomic E-state index is -3.70. The first-order valence-electron chi connectivity index (χ1n) is 14.6. The first-order valence-corrected chi connectivity index (χ1v) is 17.5. The number of aryl methyl sites for hydroxylation is 1. The third-order valence-electron chi connectivity index (χ3n) is 7.80. The molecule has 2 N–H and O–H groups in total. The van der Waals surface area contributed by atoms with Crippen molar-refractivity contribution in [3.8, 4) is 11.1 Å². The molecule has 5 rings (SSSR count). The minimum Gasteiger partial charge on any atom is -0.467 e. The van der Waals surface area contributed by atoms with Gasteiger partial charge in [0, 0.05) is 23.4 Å². The summed E-state index contributed by atoms with van der Waals surface area (Å²) in [7, 11) is -2.40. The number of esters is 1. The van der Waals surface area contributed by atoms with Crippen LogP contribution in [0.15, 0.2) is 115 Å². The van der Waals surface area contributed by atoms with Gasteiger partial charge in [-0.05, 0) is 57.5 Å². The lowest BCUT2D eigenvalue weighted by atomic mass is 9.96. The summed E-state index contributed by atoms with van der Waals surface area (Å²) in [6.07, 6.45) is 0.818. The Kier molecular flexibility index (Phi) is 10.4. The van der Waals surface area contributed by atoms with Crippen LogP contribution in [0.25, 0.3) is 21.2 Å². The van der Waals surface area contributed by atoms with E-state index in [1.54, 1.807) is 11.3 Å². The van der Waals surface area contributed by atoms with E-state index in [0.29, 0.717) is 6.42 Å². The van der Waals surface area contributed by atoms with Crippen LogP contribution in [0, 0.1) is 5.92 Å². The molecule has 226 valence electrons. The van der Waals surface area contributed by atoms with Gasteiger partial charge in [0.05, 0.1) is 13.0 Å². The van der Waals surface area contributed by atoms with Gasteiger partial charge in [-0.25, -0.2) is 4.79 Å². The van der Waals surface area contributed by atoms with Crippen molar-refractivity contribution >= 4 is 40.7 Å². The predicted molar refractivity (Wildman–Crippen MR) is 178 cm³/mol. The average Bonchev–Trinajstić information content (AvgIpc) is 3.46. The summed E-state index contributed by atoms with van der Waals surface area (Å²) in [4.78, 5) is 37.8. The molecule has 0 aliphatic carbocycles. The number of nitrogens with one attached hydrogen (secondary N) is 1. The molecule has 8 heteroatoms. The maximum absolute atomic E-state index is 13.9. The van der Waals surface area contributed by atoms with Crippen molar-refractivity contribution in [1.29, 1.82) is 0 Å². The van der Waals surface area contributed by atoms with Crippen LogP contribution in [0.5, 0.6) is 0 Å². The Morgan fingerprint density at radius 3 is 2.16 bits per heavy atom. The zero-order chi connectivity index (χ0) is 30.9. The highest BCUT2D eigenvalue weighted by molar-refractivity contribution is 7.58. The SMILES string of the molecule is COC(=O)[C@H](Cc1csc2ccccc12)NC(=O)[C@H](Cc1ccc(-c2ccccc2)cc1)CP(=O)(O)CCc1ccccc1. The van der Waals surface area contributed by atoms with E-state index in [9.17, 15) is 19.0 Å². The molecule has 1 aromatic heterocycles. The fourth-order valence-electron chi connectivity index (χ4n) is 5.41. The normalized spacial score (nSPS) is 14.0. The quantitative estimate of drug-likeness (QED) is 0.107. The number of thiophene rings is 1. The molecule has 1 unspecified atom stereocenters. The molecule has 1 amide bonds. The van der Waals surface area contributed by atoms with Gasteiger partial charge in [0.1, 0.15) is 6.04 Å². The van der Waals surface area contributed by atoms with E-state index in [-0.39, 0.29) is 25.2 Å². The van der Waals surface area contributed by atoms with Gasteiger partial charge >= 0.3 is 5.97 Å². The van der Waals surface area contributed by atoms with E-state index < -0.39 is 31.2 Å². The molecule has 0 bridgehead atoms. The van der Waals surface area contributed by atoms with Crippen molar-refractivity contribution in [2.45, 2.75) is 25.3 Å². The number of hydrogen-bond donors (Lipinski definition) is 2. The molecule has 5 aromatic rings. The second kappa shape index (κ2) is 14.6. The van der Waals surface area contributed by atoms with Crippen LogP contribution in [-0.2, 0) is 38.2 Å². The second-order valence-corrected chi connectivity index (χ2v) is 14.4. The van der Waals surface area contributed by atoms with Crippen LogP contribution in [0.1, 0.15) is 16.7 Å². The molecule has 0 fully saturated rings. The molecule has 44 heavy (non-hydrogen) atoms. The van der Waals surface area contributed by atoms with Gasteiger partial charge in [-0.15, -0.1) is 11.3 Å². The molecule has 0 aliphatic heterocycles. The minimum absolute atomic E-state index is 0.0645. The summed E-state index contributed by atoms with van der Waals surface area (Å²) >= 11 is 1.58. The van der Waals surface area contributed by atoms with E-state index in [4.69, 9.17) is 4.74 Å². The molecule has 0 aliphatic rings. The van der Waals surface area contributed by atoms with Gasteiger partial charge in [-0.2, -0.15) is 0 Å². The third-order valence-corrected chi connectivity index (χ3v) is 10.7. The lowest BCUT2D eigenvalue weighted by Gasteiger charge is -2.23. The summed E-state index contributed by atoms with van der Waals surface area (Å²) in [5.41, 5.74) is 4.89. The molecule has 0 saturated carbocycles. The van der Waals surface area contributed by atoms with Crippen molar-refractivity contribution in [1.82, 2.24) is 5.32 Å². The van der Waals surface area contributed by atoms with Gasteiger partial charge in [-0.1, -0.05) is 103 Å². The standard InChI is InChI=1S/C36H36NO5PS/c1-42-36(39)33(23-31-25-44-34-15-9-8-14-32(31)34)37-35(38)30(24-43(40,41)21-20-26-10-4-2-5-11-26)22-27-16-18-29(19-17-27)28-12-6-3-7-13-28/h2-19,25,30,33H,20-24H2,1H3,(H,37,38)(H,40,41)/t30-,33+/m1/s1. The van der Waals surface area contributed by atoms with Crippen LogP contribution in [0.2, 0.25) is 0 Å². The van der Waals surface area contributed by atoms with Gasteiger partial charge in [0.2, 0.25) is 13.3 Å². The second-order valence-electron chi connectivity index (χ2n) is 11.0. The number of hydrogen-bond acceptors (Lipinski definition) is 5. The molecular formula is C36H36NO5PS. The third kappa shape index (κ3) is 8.32. The largest absolute Gasteiger partial charge is 0.467 e. The van der Waals surface area contributed by atoms with Crippen LogP contribution >= 0.6 is 18.7 Å². The summed E-state index contributed by atoms with van der Waals surface area (Å²) in [5.74, 6) is -1.83. The monoisotopic (exact) mass is 625 g/mol. The van der Waals surface area contributed by atoms with E-state index >= 15 is 0 Å². The number of benzene rings is 4. The molecular weight excluding hydrogens is 589 g/mol. The molecule has 0 saturated heterocycles. The number of carbonyl (C=O) groups excluding carboxylic acids is 2. The van der Waals surface area contributed by atoms with Crippen LogP contribution < -0.4 is 5.32 Å². The first-order chi connectivity index (χ1) is 21.3. The highest BCUT2D eigenvalue weighted by Crippen LogP contribution is 2.44. The Morgan fingerprint density at radius 2 is 1.45 bits per heavy atom. The van der Waals surface area contributed by atoms with Crippen molar-refractivity contribution < 1.29 is 23.8 Å². The number of ether oxygens (including phenoxy) is 1. The first kappa shape index (κ1) is 31.4. The maximum atomic E-state index is 13.9.